The maximum Gasteiger partial charge on any atom is 0.268 e. The van der Waals surface area contributed by atoms with Gasteiger partial charge in [0, 0.05) is 36.7 Å². The summed E-state index contributed by atoms with van der Waals surface area (Å²) in [6.07, 6.45) is 11.6. The zero-order valence-corrected chi connectivity index (χ0v) is 13.1. The van der Waals surface area contributed by atoms with Gasteiger partial charge in [0.1, 0.15) is 5.69 Å². The zero-order valence-electron chi connectivity index (χ0n) is 13.1. The Kier molecular flexibility index (Phi) is 4.56. The van der Waals surface area contributed by atoms with Crippen molar-refractivity contribution in [3.63, 3.8) is 0 Å². The number of carbonyl (C=O) groups excluding carboxylic acids is 1. The predicted molar refractivity (Wildman–Crippen MR) is 87.7 cm³/mol. The summed E-state index contributed by atoms with van der Waals surface area (Å²) in [6.45, 7) is 2.85. The highest BCUT2D eigenvalue weighted by molar-refractivity contribution is 5.94. The average Bonchev–Trinajstić information content (AvgIpc) is 3.01. The van der Waals surface area contributed by atoms with Gasteiger partial charge in [0.15, 0.2) is 0 Å². The number of amides is 1. The van der Waals surface area contributed by atoms with Gasteiger partial charge in [-0.05, 0) is 43.5 Å². The van der Waals surface area contributed by atoms with Crippen molar-refractivity contribution < 1.29 is 4.79 Å². The third kappa shape index (κ3) is 3.21. The van der Waals surface area contributed by atoms with Gasteiger partial charge in [0.25, 0.3) is 5.91 Å². The summed E-state index contributed by atoms with van der Waals surface area (Å²) in [4.78, 5) is 16.6. The molecule has 22 heavy (non-hydrogen) atoms. The molecule has 0 aromatic carbocycles. The Balaban J connectivity index is 1.80. The molecule has 4 nitrogen and oxygen atoms in total. The van der Waals surface area contributed by atoms with Crippen molar-refractivity contribution in [3.8, 4) is 11.1 Å². The summed E-state index contributed by atoms with van der Waals surface area (Å²) in [5.41, 5.74) is 2.91. The molecule has 1 aliphatic rings. The van der Waals surface area contributed by atoms with Crippen LogP contribution in [0.15, 0.2) is 36.8 Å². The van der Waals surface area contributed by atoms with Gasteiger partial charge in [-0.2, -0.15) is 0 Å². The highest BCUT2D eigenvalue weighted by Crippen LogP contribution is 2.23. The molecule has 2 aromatic heterocycles. The van der Waals surface area contributed by atoms with Crippen LogP contribution in [0.25, 0.3) is 11.1 Å². The lowest BCUT2D eigenvalue weighted by Crippen LogP contribution is -2.37. The second-order valence-electron chi connectivity index (χ2n) is 5.94. The molecule has 0 aliphatic heterocycles. The second kappa shape index (κ2) is 6.77. The first-order chi connectivity index (χ1) is 10.8. The van der Waals surface area contributed by atoms with E-state index in [1.807, 2.05) is 29.0 Å². The predicted octanol–water partition coefficient (Wildman–Crippen LogP) is 3.63. The van der Waals surface area contributed by atoms with Crippen molar-refractivity contribution >= 4 is 5.91 Å². The minimum atomic E-state index is 0.0501. The zero-order chi connectivity index (χ0) is 15.4. The lowest BCUT2D eigenvalue weighted by atomic mass is 9.95. The number of carbonyl (C=O) groups is 1. The van der Waals surface area contributed by atoms with Crippen molar-refractivity contribution in [3.05, 3.63) is 42.5 Å². The maximum absolute atomic E-state index is 12.6. The van der Waals surface area contributed by atoms with E-state index in [9.17, 15) is 4.79 Å². The van der Waals surface area contributed by atoms with Crippen molar-refractivity contribution in [2.45, 2.75) is 51.6 Å². The molecule has 116 valence electrons. The summed E-state index contributed by atoms with van der Waals surface area (Å²) < 4.78 is 2.02. The van der Waals surface area contributed by atoms with Gasteiger partial charge < -0.3 is 9.88 Å². The Morgan fingerprint density at radius 2 is 1.95 bits per heavy atom. The van der Waals surface area contributed by atoms with Crippen LogP contribution in [-0.2, 0) is 6.54 Å². The average molecular weight is 297 g/mol. The molecule has 1 fully saturated rings. The molecule has 0 saturated heterocycles. The number of aryl methyl sites for hydroxylation is 1. The third-order valence-electron chi connectivity index (χ3n) is 4.42. The number of aromatic nitrogens is 2. The van der Waals surface area contributed by atoms with Crippen LogP contribution in [0.2, 0.25) is 0 Å². The van der Waals surface area contributed by atoms with Crippen molar-refractivity contribution in [1.29, 1.82) is 0 Å². The standard InChI is InChI=1S/C18H23N3O/c1-2-21-13-15(14-8-10-19-11-9-14)12-17(21)18(22)20-16-6-4-3-5-7-16/h8-13,16H,2-7H2,1H3,(H,20,22). The van der Waals surface area contributed by atoms with E-state index in [2.05, 4.69) is 17.2 Å². The highest BCUT2D eigenvalue weighted by Gasteiger charge is 2.19. The van der Waals surface area contributed by atoms with Gasteiger partial charge in [0.2, 0.25) is 0 Å². The first-order valence-corrected chi connectivity index (χ1v) is 8.19. The Morgan fingerprint density at radius 3 is 2.64 bits per heavy atom. The van der Waals surface area contributed by atoms with Gasteiger partial charge in [-0.25, -0.2) is 0 Å². The van der Waals surface area contributed by atoms with Crippen LogP contribution >= 0.6 is 0 Å². The molecule has 1 saturated carbocycles. The van der Waals surface area contributed by atoms with Crippen LogP contribution in [0.4, 0.5) is 0 Å². The van der Waals surface area contributed by atoms with E-state index in [0.29, 0.717) is 6.04 Å². The Labute approximate surface area is 131 Å². The van der Waals surface area contributed by atoms with Gasteiger partial charge in [0.05, 0.1) is 0 Å². The van der Waals surface area contributed by atoms with Gasteiger partial charge in [-0.3, -0.25) is 9.78 Å². The molecule has 0 unspecified atom stereocenters. The van der Waals surface area contributed by atoms with E-state index in [4.69, 9.17) is 0 Å². The molecule has 0 atom stereocenters. The number of hydrogen-bond donors (Lipinski definition) is 1. The molecule has 0 bridgehead atoms. The molecule has 2 heterocycles. The van der Waals surface area contributed by atoms with E-state index in [0.717, 1.165) is 36.2 Å². The number of nitrogens with zero attached hydrogens (tertiary/aromatic N) is 2. The normalized spacial score (nSPS) is 15.7. The van der Waals surface area contributed by atoms with E-state index in [1.165, 1.54) is 19.3 Å². The quantitative estimate of drug-likeness (QED) is 0.936. The summed E-state index contributed by atoms with van der Waals surface area (Å²) in [7, 11) is 0. The number of pyridine rings is 1. The molecule has 1 N–H and O–H groups in total. The third-order valence-corrected chi connectivity index (χ3v) is 4.42. The van der Waals surface area contributed by atoms with Crippen molar-refractivity contribution in [2.24, 2.45) is 0 Å². The van der Waals surface area contributed by atoms with Gasteiger partial charge in [-0.15, -0.1) is 0 Å². The molecular formula is C18H23N3O. The Bertz CT molecular complexity index is 627. The molecule has 3 rings (SSSR count). The summed E-state index contributed by atoms with van der Waals surface area (Å²) >= 11 is 0. The number of nitrogens with one attached hydrogen (secondary N) is 1. The lowest BCUT2D eigenvalue weighted by molar-refractivity contribution is 0.0918. The largest absolute Gasteiger partial charge is 0.348 e. The molecule has 4 heteroatoms. The summed E-state index contributed by atoms with van der Waals surface area (Å²) in [6, 6.07) is 6.26. The molecule has 1 amide bonds. The summed E-state index contributed by atoms with van der Waals surface area (Å²) in [5, 5.41) is 3.20. The second-order valence-corrected chi connectivity index (χ2v) is 5.94. The van der Waals surface area contributed by atoms with Crippen LogP contribution in [0.3, 0.4) is 0 Å². The molecule has 1 aliphatic carbocycles. The molecule has 2 aromatic rings. The number of rotatable bonds is 4. The lowest BCUT2D eigenvalue weighted by Gasteiger charge is -2.22. The SMILES string of the molecule is CCn1cc(-c2ccncc2)cc1C(=O)NC1CCCCC1. The van der Waals surface area contributed by atoms with Crippen LogP contribution in [0.5, 0.6) is 0 Å². The minimum Gasteiger partial charge on any atom is -0.348 e. The molecule has 0 spiro atoms. The fourth-order valence-corrected chi connectivity index (χ4v) is 3.17. The Hall–Kier alpha value is -2.10. The van der Waals surface area contributed by atoms with Crippen LogP contribution < -0.4 is 5.32 Å². The fourth-order valence-electron chi connectivity index (χ4n) is 3.17. The molecular weight excluding hydrogens is 274 g/mol. The smallest absolute Gasteiger partial charge is 0.268 e. The first kappa shape index (κ1) is 14.8. The number of hydrogen-bond acceptors (Lipinski definition) is 2. The fraction of sp³-hybridized carbons (Fsp3) is 0.444. The highest BCUT2D eigenvalue weighted by atomic mass is 16.2. The van der Waals surface area contributed by atoms with Crippen molar-refractivity contribution in [1.82, 2.24) is 14.9 Å². The molecule has 0 radical (unpaired) electrons. The topological polar surface area (TPSA) is 46.9 Å². The first-order valence-electron chi connectivity index (χ1n) is 8.19. The monoisotopic (exact) mass is 297 g/mol. The van der Waals surface area contributed by atoms with Gasteiger partial charge >= 0.3 is 0 Å². The van der Waals surface area contributed by atoms with E-state index in [-0.39, 0.29) is 5.91 Å². The van der Waals surface area contributed by atoms with Crippen LogP contribution in [0, 0.1) is 0 Å². The van der Waals surface area contributed by atoms with E-state index < -0.39 is 0 Å². The van der Waals surface area contributed by atoms with E-state index in [1.54, 1.807) is 12.4 Å². The Morgan fingerprint density at radius 1 is 1.23 bits per heavy atom. The van der Waals surface area contributed by atoms with E-state index >= 15 is 0 Å². The minimum absolute atomic E-state index is 0.0501. The van der Waals surface area contributed by atoms with Gasteiger partial charge in [-0.1, -0.05) is 19.3 Å². The van der Waals surface area contributed by atoms with Crippen molar-refractivity contribution in [2.75, 3.05) is 0 Å². The van der Waals surface area contributed by atoms with Crippen LogP contribution in [-0.4, -0.2) is 21.5 Å². The summed E-state index contributed by atoms with van der Waals surface area (Å²) in [5.74, 6) is 0.0501. The van der Waals surface area contributed by atoms with Crippen LogP contribution in [0.1, 0.15) is 49.5 Å². The maximum atomic E-state index is 12.6.